The van der Waals surface area contributed by atoms with Crippen molar-refractivity contribution >= 4 is 11.6 Å². The van der Waals surface area contributed by atoms with E-state index in [1.807, 2.05) is 13.1 Å². The minimum atomic E-state index is -0.494. The summed E-state index contributed by atoms with van der Waals surface area (Å²) in [5.74, 6) is 0.268. The average Bonchev–Trinajstić information content (AvgIpc) is 2.87. The van der Waals surface area contributed by atoms with Crippen LogP contribution >= 0.6 is 0 Å². The molecule has 0 aliphatic heterocycles. The highest BCUT2D eigenvalue weighted by atomic mass is 16.6. The van der Waals surface area contributed by atoms with Crippen molar-refractivity contribution in [3.8, 4) is 0 Å². The van der Waals surface area contributed by atoms with Crippen LogP contribution in [-0.4, -0.2) is 30.8 Å². The van der Waals surface area contributed by atoms with Crippen molar-refractivity contribution in [3.05, 3.63) is 34.4 Å². The molecule has 1 N–H and O–H groups in total. The maximum Gasteiger partial charge on any atom is 0.406 e. The lowest BCUT2D eigenvalue weighted by Crippen LogP contribution is -2.11. The number of aromatic nitrogens is 4. The van der Waals surface area contributed by atoms with Crippen LogP contribution in [0.2, 0.25) is 0 Å². The lowest BCUT2D eigenvalue weighted by molar-refractivity contribution is -0.388. The molecule has 0 amide bonds. The number of rotatable bonds is 5. The SMILES string of the molecule is Cn1cnc([N+](=O)[O-])c1NCCc1ccnn1C. The third kappa shape index (κ3) is 2.31. The monoisotopic (exact) mass is 250 g/mol. The fraction of sp³-hybridized carbons (Fsp3) is 0.400. The van der Waals surface area contributed by atoms with Crippen molar-refractivity contribution in [1.82, 2.24) is 19.3 Å². The summed E-state index contributed by atoms with van der Waals surface area (Å²) < 4.78 is 3.38. The summed E-state index contributed by atoms with van der Waals surface area (Å²) in [6, 6.07) is 1.92. The third-order valence-electron chi connectivity index (χ3n) is 2.69. The van der Waals surface area contributed by atoms with E-state index in [1.54, 1.807) is 22.5 Å². The molecule has 2 rings (SSSR count). The van der Waals surface area contributed by atoms with E-state index in [2.05, 4.69) is 15.4 Å². The Morgan fingerprint density at radius 1 is 1.50 bits per heavy atom. The van der Waals surface area contributed by atoms with Gasteiger partial charge in [-0.25, -0.2) is 0 Å². The lowest BCUT2D eigenvalue weighted by Gasteiger charge is -2.06. The molecule has 8 heteroatoms. The van der Waals surface area contributed by atoms with Gasteiger partial charge in [0.05, 0.1) is 0 Å². The maximum absolute atomic E-state index is 10.8. The number of imidazole rings is 1. The molecule has 0 unspecified atom stereocenters. The molecule has 0 bridgehead atoms. The first kappa shape index (κ1) is 12.1. The molecule has 18 heavy (non-hydrogen) atoms. The number of nitro groups is 1. The van der Waals surface area contributed by atoms with E-state index in [4.69, 9.17) is 0 Å². The summed E-state index contributed by atoms with van der Waals surface area (Å²) in [5, 5.41) is 17.8. The van der Waals surface area contributed by atoms with Crippen LogP contribution in [0.25, 0.3) is 0 Å². The van der Waals surface area contributed by atoms with Gasteiger partial charge in [0, 0.05) is 39.0 Å². The van der Waals surface area contributed by atoms with Crippen LogP contribution in [-0.2, 0) is 20.5 Å². The van der Waals surface area contributed by atoms with E-state index in [0.29, 0.717) is 12.4 Å². The zero-order valence-electron chi connectivity index (χ0n) is 10.2. The summed E-state index contributed by atoms with van der Waals surface area (Å²) in [7, 11) is 3.58. The fourth-order valence-electron chi connectivity index (χ4n) is 1.71. The standard InChI is InChI=1S/C10H14N6O2/c1-14-7-12-10(16(17)18)9(14)11-5-3-8-4-6-13-15(8)2/h4,6-7,11H,3,5H2,1-2H3. The Hall–Kier alpha value is -2.38. The van der Waals surface area contributed by atoms with Gasteiger partial charge in [-0.1, -0.05) is 0 Å². The van der Waals surface area contributed by atoms with Crippen LogP contribution in [0, 0.1) is 10.1 Å². The molecule has 0 aliphatic rings. The first-order valence-corrected chi connectivity index (χ1v) is 5.46. The highest BCUT2D eigenvalue weighted by Gasteiger charge is 2.19. The van der Waals surface area contributed by atoms with Gasteiger partial charge in [-0.15, -0.1) is 0 Å². The van der Waals surface area contributed by atoms with Crippen LogP contribution in [0.1, 0.15) is 5.69 Å². The Labute approximate surface area is 103 Å². The largest absolute Gasteiger partial charge is 0.406 e. The molecular weight excluding hydrogens is 236 g/mol. The van der Waals surface area contributed by atoms with E-state index in [-0.39, 0.29) is 5.82 Å². The van der Waals surface area contributed by atoms with Crippen LogP contribution in [0.15, 0.2) is 18.6 Å². The van der Waals surface area contributed by atoms with E-state index in [9.17, 15) is 10.1 Å². The summed E-state index contributed by atoms with van der Waals surface area (Å²) in [6.07, 6.45) is 3.88. The Balaban J connectivity index is 2.00. The van der Waals surface area contributed by atoms with Crippen LogP contribution in [0.5, 0.6) is 0 Å². The first-order valence-electron chi connectivity index (χ1n) is 5.46. The van der Waals surface area contributed by atoms with Gasteiger partial charge in [0.1, 0.15) is 0 Å². The molecule has 0 saturated heterocycles. The van der Waals surface area contributed by atoms with Crippen molar-refractivity contribution in [2.45, 2.75) is 6.42 Å². The second-order valence-electron chi connectivity index (χ2n) is 3.91. The van der Waals surface area contributed by atoms with Gasteiger partial charge in [-0.3, -0.25) is 9.25 Å². The average molecular weight is 250 g/mol. The second-order valence-corrected chi connectivity index (χ2v) is 3.91. The minimum Gasteiger partial charge on any atom is -0.364 e. The molecule has 2 aromatic rings. The number of nitrogens with zero attached hydrogens (tertiary/aromatic N) is 5. The van der Waals surface area contributed by atoms with Crippen LogP contribution < -0.4 is 5.32 Å². The van der Waals surface area contributed by atoms with Crippen LogP contribution in [0.3, 0.4) is 0 Å². The lowest BCUT2D eigenvalue weighted by atomic mass is 10.3. The van der Waals surface area contributed by atoms with Crippen molar-refractivity contribution in [2.75, 3.05) is 11.9 Å². The first-order chi connectivity index (χ1) is 8.59. The summed E-state index contributed by atoms with van der Waals surface area (Å²) in [4.78, 5) is 14.0. The smallest absolute Gasteiger partial charge is 0.364 e. The number of hydrogen-bond acceptors (Lipinski definition) is 5. The second kappa shape index (κ2) is 4.86. The predicted octanol–water partition coefficient (Wildman–Crippen LogP) is 0.716. The van der Waals surface area contributed by atoms with E-state index in [1.165, 1.54) is 6.33 Å². The maximum atomic E-state index is 10.8. The van der Waals surface area contributed by atoms with Gasteiger partial charge in [0.25, 0.3) is 0 Å². The van der Waals surface area contributed by atoms with Crippen LogP contribution in [0.4, 0.5) is 11.6 Å². The molecule has 96 valence electrons. The quantitative estimate of drug-likeness (QED) is 0.623. The summed E-state index contributed by atoms with van der Waals surface area (Å²) in [5.41, 5.74) is 1.06. The fourth-order valence-corrected chi connectivity index (χ4v) is 1.71. The zero-order valence-corrected chi connectivity index (χ0v) is 10.2. The van der Waals surface area contributed by atoms with Gasteiger partial charge >= 0.3 is 5.82 Å². The van der Waals surface area contributed by atoms with E-state index in [0.717, 1.165) is 12.1 Å². The molecule has 0 atom stereocenters. The molecule has 0 saturated carbocycles. The predicted molar refractivity (Wildman–Crippen MR) is 65.3 cm³/mol. The number of aryl methyl sites for hydroxylation is 2. The molecule has 0 spiro atoms. The van der Waals surface area contributed by atoms with E-state index >= 15 is 0 Å². The van der Waals surface area contributed by atoms with Crippen molar-refractivity contribution in [1.29, 1.82) is 0 Å². The van der Waals surface area contributed by atoms with Crippen molar-refractivity contribution in [2.24, 2.45) is 14.1 Å². The normalized spacial score (nSPS) is 10.6. The minimum absolute atomic E-state index is 0.150. The topological polar surface area (TPSA) is 90.8 Å². The Morgan fingerprint density at radius 2 is 2.28 bits per heavy atom. The molecular formula is C10H14N6O2. The summed E-state index contributed by atoms with van der Waals surface area (Å²) in [6.45, 7) is 0.583. The summed E-state index contributed by atoms with van der Waals surface area (Å²) >= 11 is 0. The molecule has 0 radical (unpaired) electrons. The Bertz CT molecular complexity index is 558. The highest BCUT2D eigenvalue weighted by Crippen LogP contribution is 2.20. The van der Waals surface area contributed by atoms with Gasteiger partial charge in [0.15, 0.2) is 0 Å². The number of anilines is 1. The van der Waals surface area contributed by atoms with Gasteiger partial charge in [-0.2, -0.15) is 5.10 Å². The molecule has 2 heterocycles. The third-order valence-corrected chi connectivity index (χ3v) is 2.69. The molecule has 0 aromatic carbocycles. The van der Waals surface area contributed by atoms with Gasteiger partial charge in [0.2, 0.25) is 12.1 Å². The van der Waals surface area contributed by atoms with Crippen molar-refractivity contribution in [3.63, 3.8) is 0 Å². The zero-order chi connectivity index (χ0) is 13.1. The molecule has 8 nitrogen and oxygen atoms in total. The molecule has 0 fully saturated rings. The van der Waals surface area contributed by atoms with E-state index < -0.39 is 4.92 Å². The Kier molecular flexibility index (Phi) is 3.26. The van der Waals surface area contributed by atoms with Gasteiger partial charge < -0.3 is 15.4 Å². The number of hydrogen-bond donors (Lipinski definition) is 1. The van der Waals surface area contributed by atoms with Gasteiger partial charge in [-0.05, 0) is 16.0 Å². The molecule has 2 aromatic heterocycles. The Morgan fingerprint density at radius 3 is 2.89 bits per heavy atom. The highest BCUT2D eigenvalue weighted by molar-refractivity contribution is 5.51. The van der Waals surface area contributed by atoms with Crippen molar-refractivity contribution < 1.29 is 4.92 Å². The number of nitrogens with one attached hydrogen (secondary N) is 1. The molecule has 0 aliphatic carbocycles.